The van der Waals surface area contributed by atoms with Crippen LogP contribution in [0.1, 0.15) is 11.4 Å². The number of nitrogens with zero attached hydrogens (tertiary/aromatic N) is 1. The zero-order valence-corrected chi connectivity index (χ0v) is 7.96. The number of nitrogens with one attached hydrogen (secondary N) is 1. The largest absolute Gasteiger partial charge is 0.508 e. The first-order valence-electron chi connectivity index (χ1n) is 4.28. The Bertz CT molecular complexity index is 558. The van der Waals surface area contributed by atoms with E-state index < -0.39 is 0 Å². The molecule has 4 nitrogen and oxygen atoms in total. The number of phenolic OH excluding ortho intramolecular Hbond substituents is 1. The fraction of sp³-hybridized carbons (Fsp3) is 0.200. The summed E-state index contributed by atoms with van der Waals surface area (Å²) in [6.07, 6.45) is 0. The van der Waals surface area contributed by atoms with Gasteiger partial charge in [-0.3, -0.25) is 4.79 Å². The minimum absolute atomic E-state index is 0.119. The van der Waals surface area contributed by atoms with Crippen LogP contribution in [0.3, 0.4) is 0 Å². The van der Waals surface area contributed by atoms with Crippen molar-refractivity contribution in [2.75, 3.05) is 0 Å². The Labute approximate surface area is 80.2 Å². The van der Waals surface area contributed by atoms with Crippen LogP contribution in [0.5, 0.6) is 5.75 Å². The summed E-state index contributed by atoms with van der Waals surface area (Å²) in [5.41, 5.74) is 1.11. The number of benzene rings is 1. The first-order chi connectivity index (χ1) is 6.58. The standard InChI is InChI=1S/C10H10N2O2/c1-5-3-8-7(4-9(5)13)10(14)12-6(2)11-8/h3-4,13H,1-2H3,(H,11,12,14). The number of aromatic amines is 1. The summed E-state index contributed by atoms with van der Waals surface area (Å²) in [4.78, 5) is 18.2. The van der Waals surface area contributed by atoms with Crippen LogP contribution in [0.2, 0.25) is 0 Å². The lowest BCUT2D eigenvalue weighted by atomic mass is 10.1. The summed E-state index contributed by atoms with van der Waals surface area (Å²) in [6.45, 7) is 3.50. The van der Waals surface area contributed by atoms with Crippen molar-refractivity contribution in [3.05, 3.63) is 33.9 Å². The van der Waals surface area contributed by atoms with Crippen molar-refractivity contribution in [3.8, 4) is 5.75 Å². The summed E-state index contributed by atoms with van der Waals surface area (Å²) in [5.74, 6) is 0.696. The van der Waals surface area contributed by atoms with Crippen molar-refractivity contribution in [3.63, 3.8) is 0 Å². The monoisotopic (exact) mass is 190 g/mol. The molecule has 1 aromatic carbocycles. The second-order valence-corrected chi connectivity index (χ2v) is 3.31. The first-order valence-corrected chi connectivity index (χ1v) is 4.28. The molecule has 0 unspecified atom stereocenters. The number of hydrogen-bond donors (Lipinski definition) is 2. The van der Waals surface area contributed by atoms with Gasteiger partial charge in [0.25, 0.3) is 5.56 Å². The Morgan fingerprint density at radius 2 is 2.07 bits per heavy atom. The number of H-pyrrole nitrogens is 1. The smallest absolute Gasteiger partial charge is 0.258 e. The van der Waals surface area contributed by atoms with Crippen LogP contribution < -0.4 is 5.56 Å². The van der Waals surface area contributed by atoms with Crippen LogP contribution in [0.15, 0.2) is 16.9 Å². The molecule has 0 saturated heterocycles. The molecule has 2 aromatic rings. The Hall–Kier alpha value is -1.84. The third kappa shape index (κ3) is 1.25. The molecule has 2 rings (SSSR count). The van der Waals surface area contributed by atoms with E-state index in [1.165, 1.54) is 6.07 Å². The van der Waals surface area contributed by atoms with E-state index in [1.807, 2.05) is 0 Å². The number of rotatable bonds is 0. The zero-order valence-electron chi connectivity index (χ0n) is 7.96. The van der Waals surface area contributed by atoms with E-state index in [-0.39, 0.29) is 11.3 Å². The highest BCUT2D eigenvalue weighted by atomic mass is 16.3. The fourth-order valence-corrected chi connectivity index (χ4v) is 1.40. The van der Waals surface area contributed by atoms with Crippen molar-refractivity contribution in [2.24, 2.45) is 0 Å². The number of aromatic nitrogens is 2. The fourth-order valence-electron chi connectivity index (χ4n) is 1.40. The molecule has 0 aliphatic heterocycles. The van der Waals surface area contributed by atoms with Gasteiger partial charge in [0.05, 0.1) is 10.9 Å². The van der Waals surface area contributed by atoms with Gasteiger partial charge in [-0.25, -0.2) is 4.98 Å². The van der Waals surface area contributed by atoms with E-state index >= 15 is 0 Å². The topological polar surface area (TPSA) is 66.0 Å². The summed E-state index contributed by atoms with van der Waals surface area (Å²) in [7, 11) is 0. The molecule has 0 bridgehead atoms. The molecule has 0 aliphatic carbocycles. The lowest BCUT2D eigenvalue weighted by Gasteiger charge is -2.02. The molecular weight excluding hydrogens is 180 g/mol. The number of phenols is 1. The van der Waals surface area contributed by atoms with Gasteiger partial charge < -0.3 is 10.1 Å². The Morgan fingerprint density at radius 1 is 1.36 bits per heavy atom. The Balaban J connectivity index is 2.96. The number of aromatic hydroxyl groups is 1. The molecule has 0 aliphatic rings. The van der Waals surface area contributed by atoms with Crippen molar-refractivity contribution in [2.45, 2.75) is 13.8 Å². The minimum atomic E-state index is -0.220. The van der Waals surface area contributed by atoms with Gasteiger partial charge in [-0.2, -0.15) is 0 Å². The Kier molecular flexibility index (Phi) is 1.77. The molecule has 4 heteroatoms. The molecular formula is C10H10N2O2. The molecule has 2 N–H and O–H groups in total. The molecule has 0 fully saturated rings. The first kappa shape index (κ1) is 8.74. The molecule has 0 atom stereocenters. The molecule has 0 amide bonds. The number of aryl methyl sites for hydroxylation is 2. The third-order valence-corrected chi connectivity index (χ3v) is 2.14. The molecule has 14 heavy (non-hydrogen) atoms. The minimum Gasteiger partial charge on any atom is -0.508 e. The lowest BCUT2D eigenvalue weighted by molar-refractivity contribution is 0.472. The lowest BCUT2D eigenvalue weighted by Crippen LogP contribution is -2.09. The highest BCUT2D eigenvalue weighted by Gasteiger charge is 2.04. The quantitative estimate of drug-likeness (QED) is 0.657. The predicted octanol–water partition coefficient (Wildman–Crippen LogP) is 1.25. The number of hydrogen-bond acceptors (Lipinski definition) is 3. The van der Waals surface area contributed by atoms with Gasteiger partial charge in [0.15, 0.2) is 0 Å². The highest BCUT2D eigenvalue weighted by Crippen LogP contribution is 2.20. The Morgan fingerprint density at radius 3 is 2.79 bits per heavy atom. The van der Waals surface area contributed by atoms with Crippen LogP contribution in [0.4, 0.5) is 0 Å². The molecule has 0 spiro atoms. The van der Waals surface area contributed by atoms with Gasteiger partial charge in [-0.05, 0) is 31.5 Å². The average molecular weight is 190 g/mol. The van der Waals surface area contributed by atoms with E-state index in [1.54, 1.807) is 19.9 Å². The van der Waals surface area contributed by atoms with Gasteiger partial charge >= 0.3 is 0 Å². The number of fused-ring (bicyclic) bond motifs is 1. The second kappa shape index (κ2) is 2.83. The van der Waals surface area contributed by atoms with Gasteiger partial charge in [0.2, 0.25) is 0 Å². The summed E-state index contributed by atoms with van der Waals surface area (Å²) in [6, 6.07) is 3.14. The van der Waals surface area contributed by atoms with Crippen LogP contribution >= 0.6 is 0 Å². The van der Waals surface area contributed by atoms with Crippen molar-refractivity contribution >= 4 is 10.9 Å². The van der Waals surface area contributed by atoms with Crippen molar-refractivity contribution in [1.82, 2.24) is 9.97 Å². The third-order valence-electron chi connectivity index (χ3n) is 2.14. The molecule has 72 valence electrons. The van der Waals surface area contributed by atoms with Crippen LogP contribution in [-0.2, 0) is 0 Å². The van der Waals surface area contributed by atoms with Crippen molar-refractivity contribution < 1.29 is 5.11 Å². The van der Waals surface area contributed by atoms with E-state index in [4.69, 9.17) is 0 Å². The SMILES string of the molecule is Cc1nc2cc(C)c(O)cc2c(=O)[nH]1. The van der Waals surface area contributed by atoms with E-state index in [0.29, 0.717) is 16.7 Å². The normalized spacial score (nSPS) is 10.7. The average Bonchev–Trinajstić information content (AvgIpc) is 2.08. The van der Waals surface area contributed by atoms with Crippen molar-refractivity contribution in [1.29, 1.82) is 0 Å². The van der Waals surface area contributed by atoms with E-state index in [9.17, 15) is 9.90 Å². The summed E-state index contributed by atoms with van der Waals surface area (Å²) < 4.78 is 0. The van der Waals surface area contributed by atoms with Crippen LogP contribution in [0.25, 0.3) is 10.9 Å². The van der Waals surface area contributed by atoms with Gasteiger partial charge in [0, 0.05) is 0 Å². The van der Waals surface area contributed by atoms with Gasteiger partial charge in [0.1, 0.15) is 11.6 Å². The maximum Gasteiger partial charge on any atom is 0.258 e. The molecule has 1 heterocycles. The summed E-state index contributed by atoms with van der Waals surface area (Å²) >= 11 is 0. The molecule has 0 radical (unpaired) electrons. The van der Waals surface area contributed by atoms with Crippen LogP contribution in [-0.4, -0.2) is 15.1 Å². The second-order valence-electron chi connectivity index (χ2n) is 3.31. The predicted molar refractivity (Wildman–Crippen MR) is 53.5 cm³/mol. The van der Waals surface area contributed by atoms with Crippen LogP contribution in [0, 0.1) is 13.8 Å². The summed E-state index contributed by atoms with van der Waals surface area (Å²) in [5, 5.41) is 9.85. The van der Waals surface area contributed by atoms with Gasteiger partial charge in [-0.1, -0.05) is 0 Å². The molecule has 0 saturated carbocycles. The van der Waals surface area contributed by atoms with Gasteiger partial charge in [-0.15, -0.1) is 0 Å². The van der Waals surface area contributed by atoms with E-state index in [2.05, 4.69) is 9.97 Å². The zero-order chi connectivity index (χ0) is 10.3. The highest BCUT2D eigenvalue weighted by molar-refractivity contribution is 5.80. The maximum absolute atomic E-state index is 11.5. The molecule has 1 aromatic heterocycles. The maximum atomic E-state index is 11.5. The van der Waals surface area contributed by atoms with E-state index in [0.717, 1.165) is 5.56 Å².